The molecule has 1 aliphatic heterocycles. The number of fused-ring (bicyclic) bond motifs is 1. The smallest absolute Gasteiger partial charge is 0.396 e. The number of nitrogens with zero attached hydrogens (tertiary/aromatic N) is 2. The SMILES string of the molecule is OCC1CCc2nc(-c3cccc(C(F)(F)F)c3)cn2C1. The molecule has 1 aromatic carbocycles. The standard InChI is InChI=1S/C15H15F3N2O/c16-15(17,18)12-3-1-2-11(6-12)13-8-20-7-10(9-21)4-5-14(20)19-13/h1-3,6,8,10,21H,4-5,7,9H2. The zero-order chi connectivity index (χ0) is 15.0. The average molecular weight is 296 g/mol. The molecule has 112 valence electrons. The van der Waals surface area contributed by atoms with Crippen molar-refractivity contribution in [2.24, 2.45) is 5.92 Å². The molecule has 1 unspecified atom stereocenters. The molecular weight excluding hydrogens is 281 g/mol. The lowest BCUT2D eigenvalue weighted by Crippen LogP contribution is -2.22. The highest BCUT2D eigenvalue weighted by Gasteiger charge is 2.30. The Bertz CT molecular complexity index is 649. The van der Waals surface area contributed by atoms with Crippen LogP contribution in [0.1, 0.15) is 17.8 Å². The fourth-order valence-corrected chi connectivity index (χ4v) is 2.66. The summed E-state index contributed by atoms with van der Waals surface area (Å²) in [4.78, 5) is 4.43. The largest absolute Gasteiger partial charge is 0.416 e. The molecule has 0 saturated carbocycles. The van der Waals surface area contributed by atoms with E-state index < -0.39 is 11.7 Å². The first-order chi connectivity index (χ1) is 9.97. The van der Waals surface area contributed by atoms with Crippen LogP contribution in [0.2, 0.25) is 0 Å². The van der Waals surface area contributed by atoms with Crippen molar-refractivity contribution in [1.82, 2.24) is 9.55 Å². The minimum absolute atomic E-state index is 0.122. The van der Waals surface area contributed by atoms with Crippen LogP contribution >= 0.6 is 0 Å². The minimum atomic E-state index is -4.35. The monoisotopic (exact) mass is 296 g/mol. The Morgan fingerprint density at radius 1 is 1.33 bits per heavy atom. The molecule has 6 heteroatoms. The summed E-state index contributed by atoms with van der Waals surface area (Å²) in [6.07, 6.45) is -0.982. The third kappa shape index (κ3) is 2.81. The van der Waals surface area contributed by atoms with Crippen LogP contribution in [-0.4, -0.2) is 21.3 Å². The van der Waals surface area contributed by atoms with E-state index >= 15 is 0 Å². The Morgan fingerprint density at radius 2 is 2.14 bits per heavy atom. The molecule has 0 amide bonds. The molecule has 0 bridgehead atoms. The third-order valence-corrected chi connectivity index (χ3v) is 3.83. The van der Waals surface area contributed by atoms with Crippen molar-refractivity contribution in [1.29, 1.82) is 0 Å². The van der Waals surface area contributed by atoms with Crippen LogP contribution < -0.4 is 0 Å². The second kappa shape index (κ2) is 5.18. The van der Waals surface area contributed by atoms with Gasteiger partial charge in [0.05, 0.1) is 11.3 Å². The number of aromatic nitrogens is 2. The molecule has 0 aliphatic carbocycles. The molecule has 1 aliphatic rings. The molecule has 21 heavy (non-hydrogen) atoms. The normalized spacial score (nSPS) is 18.6. The highest BCUT2D eigenvalue weighted by atomic mass is 19.4. The number of hydrogen-bond acceptors (Lipinski definition) is 2. The van der Waals surface area contributed by atoms with Crippen LogP contribution in [0, 0.1) is 5.92 Å². The number of aliphatic hydroxyl groups is 1. The third-order valence-electron chi connectivity index (χ3n) is 3.83. The number of halogens is 3. The van der Waals surface area contributed by atoms with Gasteiger partial charge in [0.15, 0.2) is 0 Å². The Kier molecular flexibility index (Phi) is 3.49. The summed E-state index contributed by atoms with van der Waals surface area (Å²) in [5.74, 6) is 1.06. The maximum atomic E-state index is 12.8. The summed E-state index contributed by atoms with van der Waals surface area (Å²) in [6.45, 7) is 0.786. The number of imidazole rings is 1. The summed E-state index contributed by atoms with van der Waals surface area (Å²) in [5, 5.41) is 9.21. The van der Waals surface area contributed by atoms with E-state index in [9.17, 15) is 18.3 Å². The van der Waals surface area contributed by atoms with Gasteiger partial charge < -0.3 is 9.67 Å². The van der Waals surface area contributed by atoms with Crippen LogP contribution in [0.3, 0.4) is 0 Å². The molecule has 0 saturated heterocycles. The van der Waals surface area contributed by atoms with E-state index in [2.05, 4.69) is 4.98 Å². The number of alkyl halides is 3. The van der Waals surface area contributed by atoms with E-state index in [0.717, 1.165) is 30.8 Å². The van der Waals surface area contributed by atoms with Crippen molar-refractivity contribution < 1.29 is 18.3 Å². The molecule has 2 heterocycles. The van der Waals surface area contributed by atoms with Gasteiger partial charge in [0, 0.05) is 37.3 Å². The molecule has 1 aromatic heterocycles. The Balaban J connectivity index is 1.94. The number of hydrogen-bond donors (Lipinski definition) is 1. The topological polar surface area (TPSA) is 38.1 Å². The summed E-state index contributed by atoms with van der Waals surface area (Å²) in [6, 6.07) is 5.21. The Hall–Kier alpha value is -1.82. The van der Waals surface area contributed by atoms with Crippen molar-refractivity contribution in [3.05, 3.63) is 41.9 Å². The first kappa shape index (κ1) is 14.1. The van der Waals surface area contributed by atoms with Crippen LogP contribution in [0.25, 0.3) is 11.3 Å². The molecule has 0 fully saturated rings. The van der Waals surface area contributed by atoms with Gasteiger partial charge in [-0.15, -0.1) is 0 Å². The van der Waals surface area contributed by atoms with Gasteiger partial charge in [-0.05, 0) is 18.6 Å². The number of aryl methyl sites for hydroxylation is 1. The van der Waals surface area contributed by atoms with Crippen molar-refractivity contribution in [3.63, 3.8) is 0 Å². The van der Waals surface area contributed by atoms with Crippen LogP contribution in [0.15, 0.2) is 30.5 Å². The Labute approximate surface area is 120 Å². The van der Waals surface area contributed by atoms with Crippen molar-refractivity contribution in [2.75, 3.05) is 6.61 Å². The van der Waals surface area contributed by atoms with Gasteiger partial charge in [-0.3, -0.25) is 0 Å². The molecule has 0 radical (unpaired) electrons. The lowest BCUT2D eigenvalue weighted by atomic mass is 10.0. The number of benzene rings is 1. The van der Waals surface area contributed by atoms with Crippen LogP contribution in [0.4, 0.5) is 13.2 Å². The van der Waals surface area contributed by atoms with Gasteiger partial charge in [0.1, 0.15) is 5.82 Å². The molecule has 3 rings (SSSR count). The van der Waals surface area contributed by atoms with E-state index in [-0.39, 0.29) is 12.5 Å². The van der Waals surface area contributed by atoms with Crippen molar-refractivity contribution >= 4 is 0 Å². The highest BCUT2D eigenvalue weighted by Crippen LogP contribution is 2.32. The number of aliphatic hydroxyl groups excluding tert-OH is 1. The Morgan fingerprint density at radius 3 is 2.86 bits per heavy atom. The summed E-state index contributed by atoms with van der Waals surface area (Å²) >= 11 is 0. The quantitative estimate of drug-likeness (QED) is 0.924. The fraction of sp³-hybridized carbons (Fsp3) is 0.400. The van der Waals surface area contributed by atoms with Gasteiger partial charge >= 0.3 is 6.18 Å². The minimum Gasteiger partial charge on any atom is -0.396 e. The highest BCUT2D eigenvalue weighted by molar-refractivity contribution is 5.60. The predicted molar refractivity (Wildman–Crippen MR) is 71.6 cm³/mol. The van der Waals surface area contributed by atoms with Crippen LogP contribution in [-0.2, 0) is 19.1 Å². The van der Waals surface area contributed by atoms with Gasteiger partial charge in [-0.1, -0.05) is 12.1 Å². The van der Waals surface area contributed by atoms with E-state index in [1.54, 1.807) is 12.3 Å². The van der Waals surface area contributed by atoms with Gasteiger partial charge in [0.2, 0.25) is 0 Å². The summed E-state index contributed by atoms with van der Waals surface area (Å²) in [5.41, 5.74) is 0.348. The maximum Gasteiger partial charge on any atom is 0.416 e. The molecule has 3 nitrogen and oxygen atoms in total. The number of rotatable bonds is 2. The average Bonchev–Trinajstić information content (AvgIpc) is 2.89. The summed E-state index contributed by atoms with van der Waals surface area (Å²) < 4.78 is 40.2. The second-order valence-electron chi connectivity index (χ2n) is 5.36. The molecule has 0 spiro atoms. The van der Waals surface area contributed by atoms with Crippen molar-refractivity contribution in [3.8, 4) is 11.3 Å². The zero-order valence-electron chi connectivity index (χ0n) is 11.3. The lowest BCUT2D eigenvalue weighted by molar-refractivity contribution is -0.137. The first-order valence-electron chi connectivity index (χ1n) is 6.82. The molecule has 1 N–H and O–H groups in total. The van der Waals surface area contributed by atoms with E-state index in [4.69, 9.17) is 0 Å². The molecular formula is C15H15F3N2O. The van der Waals surface area contributed by atoms with Crippen molar-refractivity contribution in [2.45, 2.75) is 25.6 Å². The van der Waals surface area contributed by atoms with E-state index in [1.807, 2.05) is 4.57 Å². The van der Waals surface area contributed by atoms with Crippen LogP contribution in [0.5, 0.6) is 0 Å². The van der Waals surface area contributed by atoms with Gasteiger partial charge in [-0.25, -0.2) is 4.98 Å². The summed E-state index contributed by atoms with van der Waals surface area (Å²) in [7, 11) is 0. The second-order valence-corrected chi connectivity index (χ2v) is 5.36. The molecule has 2 aromatic rings. The predicted octanol–water partition coefficient (Wildman–Crippen LogP) is 3.12. The lowest BCUT2D eigenvalue weighted by Gasteiger charge is -2.21. The fourth-order valence-electron chi connectivity index (χ4n) is 2.66. The van der Waals surface area contributed by atoms with Gasteiger partial charge in [-0.2, -0.15) is 13.2 Å². The zero-order valence-corrected chi connectivity index (χ0v) is 11.3. The van der Waals surface area contributed by atoms with E-state index in [0.29, 0.717) is 17.8 Å². The first-order valence-corrected chi connectivity index (χ1v) is 6.82. The maximum absolute atomic E-state index is 12.8. The molecule has 1 atom stereocenters. The van der Waals surface area contributed by atoms with E-state index in [1.165, 1.54) is 6.07 Å². The van der Waals surface area contributed by atoms with Gasteiger partial charge in [0.25, 0.3) is 0 Å².